The van der Waals surface area contributed by atoms with Crippen LogP contribution in [0.5, 0.6) is 0 Å². The maximum atomic E-state index is 12.2. The summed E-state index contributed by atoms with van der Waals surface area (Å²) in [5.41, 5.74) is 0.129. The maximum Gasteiger partial charge on any atom is 0.339 e. The Morgan fingerprint density at radius 1 is 1.45 bits per heavy atom. The Morgan fingerprint density at radius 3 is 2.77 bits per heavy atom. The highest BCUT2D eigenvalue weighted by molar-refractivity contribution is 7.16. The van der Waals surface area contributed by atoms with Crippen molar-refractivity contribution in [3.8, 4) is 10.4 Å². The standard InChI is InChI=1S/C17H17ClO3S/c1-4-8-21-16(19)13-10-14(22-15(13)17(2,3)20)11-6-5-7-12(18)9-11/h4-7,9-10,20H,1,8H2,2-3H3. The Balaban J connectivity index is 2.48. The second kappa shape index (κ2) is 6.65. The second-order valence-corrected chi connectivity index (χ2v) is 6.80. The summed E-state index contributed by atoms with van der Waals surface area (Å²) in [6, 6.07) is 9.09. The van der Waals surface area contributed by atoms with Crippen molar-refractivity contribution in [2.45, 2.75) is 19.4 Å². The molecule has 0 unspecified atom stereocenters. The van der Waals surface area contributed by atoms with Gasteiger partial charge in [-0.1, -0.05) is 36.4 Å². The quantitative estimate of drug-likeness (QED) is 0.639. The van der Waals surface area contributed by atoms with Gasteiger partial charge in [-0.05, 0) is 37.6 Å². The van der Waals surface area contributed by atoms with Crippen LogP contribution in [0.15, 0.2) is 43.0 Å². The molecular formula is C17H17ClO3S. The van der Waals surface area contributed by atoms with E-state index in [0.29, 0.717) is 15.5 Å². The van der Waals surface area contributed by atoms with Gasteiger partial charge in [0.05, 0.1) is 16.0 Å². The van der Waals surface area contributed by atoms with Crippen LogP contribution in [-0.2, 0) is 10.3 Å². The number of hydrogen-bond acceptors (Lipinski definition) is 4. The first-order chi connectivity index (χ1) is 10.3. The van der Waals surface area contributed by atoms with Gasteiger partial charge >= 0.3 is 5.97 Å². The first kappa shape index (κ1) is 16.7. The average molecular weight is 337 g/mol. The molecule has 0 radical (unpaired) electrons. The van der Waals surface area contributed by atoms with Gasteiger partial charge in [0, 0.05) is 9.90 Å². The molecule has 0 saturated carbocycles. The number of thiophene rings is 1. The molecule has 0 saturated heterocycles. The van der Waals surface area contributed by atoms with Gasteiger partial charge in [0.1, 0.15) is 6.61 Å². The van der Waals surface area contributed by atoms with Gasteiger partial charge in [0.2, 0.25) is 0 Å². The molecule has 1 aromatic heterocycles. The first-order valence-electron chi connectivity index (χ1n) is 6.73. The Bertz CT molecular complexity index is 698. The zero-order chi connectivity index (χ0) is 16.3. The maximum absolute atomic E-state index is 12.2. The number of aliphatic hydroxyl groups is 1. The van der Waals surface area contributed by atoms with Crippen LogP contribution < -0.4 is 0 Å². The van der Waals surface area contributed by atoms with Crippen LogP contribution in [0.2, 0.25) is 5.02 Å². The summed E-state index contributed by atoms with van der Waals surface area (Å²) in [6.07, 6.45) is 1.51. The van der Waals surface area contributed by atoms with Gasteiger partial charge in [0.15, 0.2) is 0 Å². The largest absolute Gasteiger partial charge is 0.458 e. The van der Waals surface area contributed by atoms with Crippen molar-refractivity contribution in [2.75, 3.05) is 6.61 Å². The average Bonchev–Trinajstić information content (AvgIpc) is 2.90. The van der Waals surface area contributed by atoms with Crippen LogP contribution in [0.3, 0.4) is 0 Å². The van der Waals surface area contributed by atoms with Gasteiger partial charge in [-0.15, -0.1) is 11.3 Å². The van der Waals surface area contributed by atoms with E-state index in [2.05, 4.69) is 6.58 Å². The summed E-state index contributed by atoms with van der Waals surface area (Å²) >= 11 is 7.37. The van der Waals surface area contributed by atoms with E-state index < -0.39 is 11.6 Å². The monoisotopic (exact) mass is 336 g/mol. The number of esters is 1. The Hall–Kier alpha value is -1.62. The number of benzene rings is 1. The Labute approximate surface area is 138 Å². The fraction of sp³-hybridized carbons (Fsp3) is 0.235. The number of ether oxygens (including phenoxy) is 1. The molecule has 0 aliphatic rings. The minimum absolute atomic E-state index is 0.131. The van der Waals surface area contributed by atoms with Gasteiger partial charge in [0.25, 0.3) is 0 Å². The SMILES string of the molecule is C=CCOC(=O)c1cc(-c2cccc(Cl)c2)sc1C(C)(C)O. The molecule has 1 N–H and O–H groups in total. The molecule has 0 fully saturated rings. The van der Waals surface area contributed by atoms with Crippen LogP contribution in [0, 0.1) is 0 Å². The molecule has 2 rings (SSSR count). The van der Waals surface area contributed by atoms with Crippen LogP contribution in [-0.4, -0.2) is 17.7 Å². The molecule has 0 atom stereocenters. The van der Waals surface area contributed by atoms with E-state index in [1.54, 1.807) is 26.0 Å². The van der Waals surface area contributed by atoms with Gasteiger partial charge < -0.3 is 9.84 Å². The minimum atomic E-state index is -1.13. The molecule has 2 aromatic rings. The van der Waals surface area contributed by atoms with Crippen molar-refractivity contribution in [3.63, 3.8) is 0 Å². The highest BCUT2D eigenvalue weighted by Crippen LogP contribution is 2.38. The molecule has 1 heterocycles. The Kier molecular flexibility index (Phi) is 5.06. The Morgan fingerprint density at radius 2 is 2.18 bits per heavy atom. The molecule has 0 bridgehead atoms. The molecule has 0 aliphatic carbocycles. The van der Waals surface area contributed by atoms with E-state index in [0.717, 1.165) is 10.4 Å². The summed E-state index contributed by atoms with van der Waals surface area (Å²) in [5, 5.41) is 10.9. The predicted molar refractivity (Wildman–Crippen MR) is 90.5 cm³/mol. The number of hydrogen-bond donors (Lipinski definition) is 1. The summed E-state index contributed by atoms with van der Waals surface area (Å²) in [5.74, 6) is -0.471. The van der Waals surface area contributed by atoms with Crippen molar-refractivity contribution in [1.82, 2.24) is 0 Å². The van der Waals surface area contributed by atoms with Crippen molar-refractivity contribution >= 4 is 28.9 Å². The fourth-order valence-electron chi connectivity index (χ4n) is 1.99. The topological polar surface area (TPSA) is 46.5 Å². The lowest BCUT2D eigenvalue weighted by molar-refractivity contribution is 0.0517. The summed E-state index contributed by atoms with van der Waals surface area (Å²) in [6.45, 7) is 6.94. The number of carbonyl (C=O) groups is 1. The lowest BCUT2D eigenvalue weighted by Gasteiger charge is -2.16. The zero-order valence-corrected chi connectivity index (χ0v) is 14.0. The van der Waals surface area contributed by atoms with E-state index in [-0.39, 0.29) is 6.61 Å². The third kappa shape index (κ3) is 3.77. The molecule has 0 spiro atoms. The molecule has 0 aliphatic heterocycles. The van der Waals surface area contributed by atoms with Crippen LogP contribution in [0.4, 0.5) is 0 Å². The van der Waals surface area contributed by atoms with Gasteiger partial charge in [-0.25, -0.2) is 4.79 Å². The highest BCUT2D eigenvalue weighted by Gasteiger charge is 2.28. The van der Waals surface area contributed by atoms with Gasteiger partial charge in [-0.2, -0.15) is 0 Å². The smallest absolute Gasteiger partial charge is 0.339 e. The van der Waals surface area contributed by atoms with Crippen molar-refractivity contribution in [1.29, 1.82) is 0 Å². The molecule has 3 nitrogen and oxygen atoms in total. The molecule has 116 valence electrons. The van der Waals surface area contributed by atoms with E-state index in [1.807, 2.05) is 18.2 Å². The first-order valence-corrected chi connectivity index (χ1v) is 7.93. The lowest BCUT2D eigenvalue weighted by atomic mass is 10.0. The molecule has 22 heavy (non-hydrogen) atoms. The van der Waals surface area contributed by atoms with Crippen molar-refractivity contribution in [3.05, 3.63) is 58.5 Å². The van der Waals surface area contributed by atoms with Crippen LogP contribution in [0.25, 0.3) is 10.4 Å². The minimum Gasteiger partial charge on any atom is -0.458 e. The number of halogens is 1. The third-order valence-electron chi connectivity index (χ3n) is 2.95. The predicted octanol–water partition coefficient (Wildman–Crippen LogP) is 4.64. The number of rotatable bonds is 5. The lowest BCUT2D eigenvalue weighted by Crippen LogP contribution is -2.18. The van der Waals surface area contributed by atoms with Crippen LogP contribution in [0.1, 0.15) is 29.1 Å². The summed E-state index contributed by atoms with van der Waals surface area (Å²) in [7, 11) is 0. The summed E-state index contributed by atoms with van der Waals surface area (Å²) < 4.78 is 5.10. The molecule has 1 aromatic carbocycles. The second-order valence-electron chi connectivity index (χ2n) is 5.31. The molecule has 5 heteroatoms. The van der Waals surface area contributed by atoms with E-state index in [4.69, 9.17) is 16.3 Å². The molecule has 0 amide bonds. The van der Waals surface area contributed by atoms with Crippen LogP contribution >= 0.6 is 22.9 Å². The highest BCUT2D eigenvalue weighted by atomic mass is 35.5. The number of carbonyl (C=O) groups excluding carboxylic acids is 1. The van der Waals surface area contributed by atoms with E-state index in [9.17, 15) is 9.90 Å². The summed E-state index contributed by atoms with van der Waals surface area (Å²) in [4.78, 5) is 13.6. The zero-order valence-electron chi connectivity index (χ0n) is 12.4. The fourth-order valence-corrected chi connectivity index (χ4v) is 3.33. The van der Waals surface area contributed by atoms with Crippen molar-refractivity contribution in [2.24, 2.45) is 0 Å². The third-order valence-corrected chi connectivity index (χ3v) is 4.68. The normalized spacial score (nSPS) is 11.3. The van der Waals surface area contributed by atoms with Crippen molar-refractivity contribution < 1.29 is 14.6 Å². The van der Waals surface area contributed by atoms with E-state index >= 15 is 0 Å². The van der Waals surface area contributed by atoms with E-state index in [1.165, 1.54) is 17.4 Å². The molecular weight excluding hydrogens is 320 g/mol. The van der Waals surface area contributed by atoms with Gasteiger partial charge in [-0.3, -0.25) is 0 Å².